The maximum Gasteiger partial charge on any atom is 0.395 e. The molecule has 6 unspecified atom stereocenters. The Labute approximate surface area is 360 Å². The minimum Gasteiger partial charge on any atom is -0.480 e. The van der Waals surface area contributed by atoms with Gasteiger partial charge in [0.15, 0.2) is 0 Å². The van der Waals surface area contributed by atoms with Gasteiger partial charge in [0, 0.05) is 33.4 Å². The van der Waals surface area contributed by atoms with Gasteiger partial charge in [0.25, 0.3) is 0 Å². The Morgan fingerprint density at radius 1 is 0.754 bits per heavy atom. The summed E-state index contributed by atoms with van der Waals surface area (Å²) in [4.78, 5) is 21.3. The lowest BCUT2D eigenvalue weighted by Gasteiger charge is -2.22. The van der Waals surface area contributed by atoms with Crippen LogP contribution in [-0.4, -0.2) is 73.8 Å². The zero-order valence-electron chi connectivity index (χ0n) is 34.1. The van der Waals surface area contributed by atoms with Crippen LogP contribution in [0.15, 0.2) is 84.9 Å². The normalized spacial score (nSPS) is 16.2. The van der Waals surface area contributed by atoms with E-state index < -0.39 is 59.0 Å². The third kappa shape index (κ3) is 19.3. The van der Waals surface area contributed by atoms with Gasteiger partial charge in [-0.1, -0.05) is 86.4 Å². The van der Waals surface area contributed by atoms with Crippen molar-refractivity contribution >= 4 is 40.1 Å². The van der Waals surface area contributed by atoms with Crippen molar-refractivity contribution in [1.82, 2.24) is 0 Å². The van der Waals surface area contributed by atoms with Crippen LogP contribution in [0.4, 0.5) is 26.3 Å². The number of aliphatic carboxylic acids is 2. The summed E-state index contributed by atoms with van der Waals surface area (Å²) < 4.78 is 93.2. The number of benzene rings is 3. The topological polar surface area (TPSA) is 167 Å². The van der Waals surface area contributed by atoms with Crippen LogP contribution in [0, 0.1) is 29.1 Å². The first-order valence-electron chi connectivity index (χ1n) is 19.8. The molecule has 332 valence electrons. The van der Waals surface area contributed by atoms with Crippen LogP contribution in [0.1, 0.15) is 98.4 Å². The Morgan fingerprint density at radius 2 is 1.23 bits per heavy atom. The number of carboxylic acid groups (broad SMARTS) is 2. The predicted molar refractivity (Wildman–Crippen MR) is 230 cm³/mol. The molecule has 4 rings (SSSR count). The van der Waals surface area contributed by atoms with E-state index in [1.165, 1.54) is 48.2 Å². The van der Waals surface area contributed by atoms with E-state index in [1.54, 1.807) is 12.1 Å². The van der Waals surface area contributed by atoms with E-state index in [4.69, 9.17) is 26.9 Å². The smallest absolute Gasteiger partial charge is 0.395 e. The van der Waals surface area contributed by atoms with Crippen molar-refractivity contribution in [2.45, 2.75) is 95.1 Å². The summed E-state index contributed by atoms with van der Waals surface area (Å²) in [7, 11) is -1.58. The first kappa shape index (κ1) is 52.5. The lowest BCUT2D eigenvalue weighted by molar-refractivity contribution is -0.151. The molecular formula is C45H53F6N3O5S2. The first-order valence-corrected chi connectivity index (χ1v) is 22.4. The third-order valence-corrected chi connectivity index (χ3v) is 12.0. The van der Waals surface area contributed by atoms with Gasteiger partial charge in [-0.3, -0.25) is 13.8 Å². The van der Waals surface area contributed by atoms with E-state index in [9.17, 15) is 40.1 Å². The number of thioether (sulfide) groups is 1. The summed E-state index contributed by atoms with van der Waals surface area (Å²) in [6.07, 6.45) is -4.85. The molecule has 6 atom stereocenters. The summed E-state index contributed by atoms with van der Waals surface area (Å²) in [6.45, 7) is 4.00. The zero-order chi connectivity index (χ0) is 45.6. The minimum atomic E-state index is -4.49. The van der Waals surface area contributed by atoms with Crippen molar-refractivity contribution in [3.63, 3.8) is 0 Å². The van der Waals surface area contributed by atoms with Gasteiger partial charge in [0.05, 0.1) is 23.8 Å². The number of carbonyl (C=O) groups is 2. The highest BCUT2D eigenvalue weighted by molar-refractivity contribution is 7.99. The van der Waals surface area contributed by atoms with Gasteiger partial charge >= 0.3 is 24.3 Å². The number of allylic oxidation sites excluding steroid dienone is 2. The Balaban J connectivity index is 0.000000404. The number of halogens is 6. The average Bonchev–Trinajstić information content (AvgIpc) is 3.24. The molecule has 1 aliphatic rings. The maximum atomic E-state index is 13.5. The molecule has 0 aromatic heterocycles. The molecule has 0 saturated carbocycles. The largest absolute Gasteiger partial charge is 0.480 e. The first-order chi connectivity index (χ1) is 28.9. The van der Waals surface area contributed by atoms with Crippen LogP contribution in [0.2, 0.25) is 0 Å². The molecule has 16 heteroatoms. The molecule has 0 fully saturated rings. The lowest BCUT2D eigenvalue weighted by atomic mass is 9.86. The molecular weight excluding hydrogens is 841 g/mol. The molecule has 3 aromatic rings. The van der Waals surface area contributed by atoms with Crippen molar-refractivity contribution in [2.75, 3.05) is 23.0 Å². The minimum absolute atomic E-state index is 0.0233. The molecule has 0 spiro atoms. The average molecular weight is 894 g/mol. The number of nitrogens with zero attached hydrogens (tertiary/aromatic N) is 1. The second kappa shape index (κ2) is 26.7. The number of alkyl halides is 6. The van der Waals surface area contributed by atoms with Gasteiger partial charge < -0.3 is 21.7 Å². The SMILES string of the molecule is CC.N#CC1CC=C(c2ccc(C(CCSCCC(N)C(=O)O)C(F)(F)F)cc2)CC1.NC(CCS(=O)CCC(c1ccc(C#Cc2ccccc2)cc1)C(F)(F)F)C(=O)O. The molecule has 6 N–H and O–H groups in total. The molecule has 8 nitrogen and oxygen atoms in total. The number of carboxylic acids is 2. The van der Waals surface area contributed by atoms with Gasteiger partial charge in [-0.05, 0) is 103 Å². The summed E-state index contributed by atoms with van der Waals surface area (Å²) in [6, 6.07) is 21.7. The fourth-order valence-corrected chi connectivity index (χ4v) is 8.26. The molecule has 0 saturated heterocycles. The quantitative estimate of drug-likeness (QED) is 0.0586. The van der Waals surface area contributed by atoms with Crippen molar-refractivity contribution in [2.24, 2.45) is 17.4 Å². The fraction of sp³-hybridized carbons (Fsp3) is 0.444. The van der Waals surface area contributed by atoms with Crippen molar-refractivity contribution in [3.8, 4) is 17.9 Å². The van der Waals surface area contributed by atoms with Crippen LogP contribution < -0.4 is 11.5 Å². The van der Waals surface area contributed by atoms with Crippen LogP contribution >= 0.6 is 11.8 Å². The Hall–Kier alpha value is -4.61. The van der Waals surface area contributed by atoms with E-state index in [2.05, 4.69) is 17.9 Å². The summed E-state index contributed by atoms with van der Waals surface area (Å²) in [5, 5.41) is 26.4. The summed E-state index contributed by atoms with van der Waals surface area (Å²) in [5.74, 6) is 0.691. The lowest BCUT2D eigenvalue weighted by Crippen LogP contribution is -2.32. The highest BCUT2D eigenvalue weighted by Gasteiger charge is 2.41. The van der Waals surface area contributed by atoms with Crippen molar-refractivity contribution < 1.29 is 50.4 Å². The van der Waals surface area contributed by atoms with Gasteiger partial charge in [-0.15, -0.1) is 0 Å². The van der Waals surface area contributed by atoms with Crippen molar-refractivity contribution in [3.05, 3.63) is 113 Å². The molecule has 0 amide bonds. The van der Waals surface area contributed by atoms with Gasteiger partial charge in [-0.2, -0.15) is 43.4 Å². The van der Waals surface area contributed by atoms with Crippen molar-refractivity contribution in [1.29, 1.82) is 5.26 Å². The number of nitrogens with two attached hydrogens (primary N) is 2. The van der Waals surface area contributed by atoms with E-state index in [0.29, 0.717) is 17.7 Å². The Kier molecular flexibility index (Phi) is 23.0. The standard InChI is InChI=1S/C22H22F3NO3S.C21H25F3N2O2S.C2H6/c23-22(24,25)19(12-14-30(29)15-13-20(26)21(27)28)18-10-8-17(9-11-18)7-6-16-4-2-1-3-5-16;22-21(23,24)18(9-11-29-12-10-19(26)20(27)28)17-7-5-16(6-8-17)15-3-1-14(13-25)2-4-15;1-2/h1-5,8-11,19-20H,12-15,26H2,(H,27,28);3,5-8,14,18-19H,1-2,4,9-12,26H2,(H,27,28);1-2H3. The second-order valence-electron chi connectivity index (χ2n) is 13.9. The number of hydrogen-bond acceptors (Lipinski definition) is 7. The van der Waals surface area contributed by atoms with E-state index in [-0.39, 0.29) is 60.0 Å². The predicted octanol–water partition coefficient (Wildman–Crippen LogP) is 9.66. The summed E-state index contributed by atoms with van der Waals surface area (Å²) >= 11 is 1.29. The van der Waals surface area contributed by atoms with E-state index >= 15 is 0 Å². The molecule has 0 radical (unpaired) electrons. The van der Waals surface area contributed by atoms with E-state index in [1.807, 2.05) is 50.3 Å². The second-order valence-corrected chi connectivity index (χ2v) is 16.8. The zero-order valence-corrected chi connectivity index (χ0v) is 35.7. The number of rotatable bonds is 17. The third-order valence-electron chi connectivity index (χ3n) is 9.55. The van der Waals surface area contributed by atoms with Gasteiger partial charge in [-0.25, -0.2) is 0 Å². The molecule has 0 heterocycles. The molecule has 1 aliphatic carbocycles. The highest BCUT2D eigenvalue weighted by atomic mass is 32.2. The van der Waals surface area contributed by atoms with E-state index in [0.717, 1.165) is 29.5 Å². The highest BCUT2D eigenvalue weighted by Crippen LogP contribution is 2.40. The monoisotopic (exact) mass is 893 g/mol. The fourth-order valence-electron chi connectivity index (χ4n) is 6.02. The maximum absolute atomic E-state index is 13.5. The molecule has 61 heavy (non-hydrogen) atoms. The van der Waals surface area contributed by atoms with Crippen LogP contribution in [-0.2, 0) is 20.4 Å². The van der Waals surface area contributed by atoms with Crippen LogP contribution in [0.3, 0.4) is 0 Å². The molecule has 0 aliphatic heterocycles. The number of hydrogen-bond donors (Lipinski definition) is 4. The van der Waals surface area contributed by atoms with Gasteiger partial charge in [0.2, 0.25) is 0 Å². The summed E-state index contributed by atoms with van der Waals surface area (Å²) in [5.41, 5.74) is 14.4. The molecule has 3 aromatic carbocycles. The number of nitriles is 1. The van der Waals surface area contributed by atoms with Crippen LogP contribution in [0.5, 0.6) is 0 Å². The Morgan fingerprint density at radius 3 is 1.72 bits per heavy atom. The van der Waals surface area contributed by atoms with Crippen LogP contribution in [0.25, 0.3) is 5.57 Å². The van der Waals surface area contributed by atoms with Gasteiger partial charge in [0.1, 0.15) is 12.1 Å². The molecule has 0 bridgehead atoms. The Bertz CT molecular complexity index is 1960.